The first-order valence-corrected chi connectivity index (χ1v) is 5.18. The summed E-state index contributed by atoms with van der Waals surface area (Å²) in [7, 11) is 0. The second-order valence-corrected chi connectivity index (χ2v) is 3.90. The predicted octanol–water partition coefficient (Wildman–Crippen LogP) is 3.10. The van der Waals surface area contributed by atoms with Gasteiger partial charge in [-0.1, -0.05) is 13.3 Å². The molecule has 0 radical (unpaired) electrons. The number of carbonyl (C=O) groups excluding carboxylic acids is 2. The summed E-state index contributed by atoms with van der Waals surface area (Å²) in [5.74, 6) is 0.380. The molecular weight excluding hydrogens is 211 g/mol. The van der Waals surface area contributed by atoms with Gasteiger partial charge in [0.25, 0.3) is 0 Å². The number of hydrogen-bond acceptors (Lipinski definition) is 2. The van der Waals surface area contributed by atoms with Crippen molar-refractivity contribution in [2.24, 2.45) is 5.92 Å². The summed E-state index contributed by atoms with van der Waals surface area (Å²) < 4.78 is 0. The minimum Gasteiger partial charge on any atom is -0.281 e. The van der Waals surface area contributed by atoms with E-state index in [4.69, 9.17) is 23.2 Å². The van der Waals surface area contributed by atoms with Gasteiger partial charge in [-0.3, -0.25) is 9.59 Å². The van der Waals surface area contributed by atoms with Gasteiger partial charge in [-0.05, 0) is 42.0 Å². The Balaban J connectivity index is 3.63. The Morgan fingerprint density at radius 2 is 1.46 bits per heavy atom. The summed E-state index contributed by atoms with van der Waals surface area (Å²) in [6.45, 7) is 2.03. The molecule has 0 spiro atoms. The molecule has 2 nitrogen and oxygen atoms in total. The molecule has 4 heteroatoms. The number of carbonyl (C=O) groups is 2. The SMILES string of the molecule is CCC(CCC(=O)Cl)CCC(=O)Cl. The van der Waals surface area contributed by atoms with Crippen molar-refractivity contribution in [3.05, 3.63) is 0 Å². The molecule has 0 bridgehead atoms. The van der Waals surface area contributed by atoms with Gasteiger partial charge in [0.2, 0.25) is 10.5 Å². The quantitative estimate of drug-likeness (QED) is 0.624. The van der Waals surface area contributed by atoms with Gasteiger partial charge in [-0.15, -0.1) is 0 Å². The third kappa shape index (κ3) is 8.26. The summed E-state index contributed by atoms with van der Waals surface area (Å²) in [6.07, 6.45) is 3.23. The second kappa shape index (κ2) is 7.34. The molecule has 0 N–H and O–H groups in total. The lowest BCUT2D eigenvalue weighted by Crippen LogP contribution is -2.03. The molecule has 0 amide bonds. The van der Waals surface area contributed by atoms with Crippen molar-refractivity contribution >= 4 is 33.7 Å². The van der Waals surface area contributed by atoms with Gasteiger partial charge in [0.15, 0.2) is 0 Å². The molecule has 76 valence electrons. The third-order valence-corrected chi connectivity index (χ3v) is 2.45. The van der Waals surface area contributed by atoms with Crippen LogP contribution in [0.4, 0.5) is 0 Å². The van der Waals surface area contributed by atoms with Gasteiger partial charge < -0.3 is 0 Å². The van der Waals surface area contributed by atoms with Crippen molar-refractivity contribution in [1.82, 2.24) is 0 Å². The molecule has 0 fully saturated rings. The lowest BCUT2D eigenvalue weighted by molar-refractivity contribution is -0.112. The average molecular weight is 225 g/mol. The standard InChI is InChI=1S/C9H14Cl2O2/c1-2-7(3-5-8(10)12)4-6-9(11)13/h7H,2-6H2,1H3. The summed E-state index contributed by atoms with van der Waals surface area (Å²) in [4.78, 5) is 20.9. The largest absolute Gasteiger partial charge is 0.281 e. The van der Waals surface area contributed by atoms with Gasteiger partial charge in [-0.2, -0.15) is 0 Å². The lowest BCUT2D eigenvalue weighted by atomic mass is 9.95. The predicted molar refractivity (Wildman–Crippen MR) is 54.0 cm³/mol. The Bertz CT molecular complexity index is 162. The van der Waals surface area contributed by atoms with Gasteiger partial charge in [0, 0.05) is 12.8 Å². The number of halogens is 2. The van der Waals surface area contributed by atoms with E-state index in [2.05, 4.69) is 0 Å². The van der Waals surface area contributed by atoms with Crippen molar-refractivity contribution in [3.8, 4) is 0 Å². The third-order valence-electron chi connectivity index (χ3n) is 2.08. The highest BCUT2D eigenvalue weighted by atomic mass is 35.5. The Morgan fingerprint density at radius 1 is 1.08 bits per heavy atom. The molecular formula is C9H14Cl2O2. The summed E-state index contributed by atoms with van der Waals surface area (Å²) >= 11 is 10.4. The molecule has 0 rings (SSSR count). The zero-order chi connectivity index (χ0) is 10.3. The van der Waals surface area contributed by atoms with Crippen LogP contribution >= 0.6 is 23.2 Å². The summed E-state index contributed by atoms with van der Waals surface area (Å²) in [5.41, 5.74) is 0. The molecule has 0 saturated carbocycles. The highest BCUT2D eigenvalue weighted by Gasteiger charge is 2.09. The van der Waals surface area contributed by atoms with E-state index in [1.807, 2.05) is 6.92 Å². The molecule has 13 heavy (non-hydrogen) atoms. The number of hydrogen-bond donors (Lipinski definition) is 0. The molecule has 0 aliphatic carbocycles. The van der Waals surface area contributed by atoms with Crippen LogP contribution in [0.5, 0.6) is 0 Å². The van der Waals surface area contributed by atoms with E-state index in [0.717, 1.165) is 19.3 Å². The van der Waals surface area contributed by atoms with Crippen LogP contribution in [-0.4, -0.2) is 10.5 Å². The number of rotatable bonds is 7. The molecule has 0 aliphatic rings. The minimum absolute atomic E-state index is 0.310. The van der Waals surface area contributed by atoms with Gasteiger partial charge in [0.05, 0.1) is 0 Å². The van der Waals surface area contributed by atoms with Crippen molar-refractivity contribution in [3.63, 3.8) is 0 Å². The Hall–Kier alpha value is -0.0800. The van der Waals surface area contributed by atoms with Crippen molar-refractivity contribution in [2.45, 2.75) is 39.0 Å². The van der Waals surface area contributed by atoms with Crippen LogP contribution in [0.3, 0.4) is 0 Å². The van der Waals surface area contributed by atoms with Crippen LogP contribution in [0, 0.1) is 5.92 Å². The topological polar surface area (TPSA) is 34.1 Å². The van der Waals surface area contributed by atoms with E-state index in [1.165, 1.54) is 0 Å². The first-order chi connectivity index (χ1) is 6.06. The van der Waals surface area contributed by atoms with E-state index < -0.39 is 0 Å². The molecule has 0 aromatic rings. The Labute approximate surface area is 88.6 Å². The second-order valence-electron chi connectivity index (χ2n) is 3.06. The van der Waals surface area contributed by atoms with Gasteiger partial charge in [0.1, 0.15) is 0 Å². The average Bonchev–Trinajstić information content (AvgIpc) is 2.04. The minimum atomic E-state index is -0.310. The van der Waals surface area contributed by atoms with E-state index in [9.17, 15) is 9.59 Å². The van der Waals surface area contributed by atoms with E-state index in [-0.39, 0.29) is 10.5 Å². The van der Waals surface area contributed by atoms with E-state index >= 15 is 0 Å². The Morgan fingerprint density at radius 3 is 1.69 bits per heavy atom. The molecule has 0 aromatic heterocycles. The lowest BCUT2D eigenvalue weighted by Gasteiger charge is -2.11. The monoisotopic (exact) mass is 224 g/mol. The van der Waals surface area contributed by atoms with Gasteiger partial charge in [-0.25, -0.2) is 0 Å². The van der Waals surface area contributed by atoms with Crippen molar-refractivity contribution in [1.29, 1.82) is 0 Å². The zero-order valence-electron chi connectivity index (χ0n) is 7.69. The molecule has 0 atom stereocenters. The molecule has 0 heterocycles. The van der Waals surface area contributed by atoms with Crippen LogP contribution in [-0.2, 0) is 9.59 Å². The summed E-state index contributed by atoms with van der Waals surface area (Å²) in [6, 6.07) is 0. The molecule has 0 aromatic carbocycles. The Kier molecular flexibility index (Phi) is 7.29. The maximum Gasteiger partial charge on any atom is 0.221 e. The first-order valence-electron chi connectivity index (χ1n) is 4.43. The van der Waals surface area contributed by atoms with Crippen molar-refractivity contribution in [2.75, 3.05) is 0 Å². The van der Waals surface area contributed by atoms with Crippen LogP contribution in [0.25, 0.3) is 0 Å². The van der Waals surface area contributed by atoms with Crippen LogP contribution < -0.4 is 0 Å². The fourth-order valence-electron chi connectivity index (χ4n) is 1.19. The first kappa shape index (κ1) is 12.9. The molecule has 0 unspecified atom stereocenters. The normalized spacial score (nSPS) is 10.5. The van der Waals surface area contributed by atoms with Crippen LogP contribution in [0.15, 0.2) is 0 Å². The maximum absolute atomic E-state index is 10.5. The molecule has 0 aliphatic heterocycles. The highest BCUT2D eigenvalue weighted by molar-refractivity contribution is 6.63. The fraction of sp³-hybridized carbons (Fsp3) is 0.778. The van der Waals surface area contributed by atoms with E-state index in [0.29, 0.717) is 18.8 Å². The zero-order valence-corrected chi connectivity index (χ0v) is 9.20. The molecule has 0 saturated heterocycles. The van der Waals surface area contributed by atoms with Crippen molar-refractivity contribution < 1.29 is 9.59 Å². The van der Waals surface area contributed by atoms with Gasteiger partial charge >= 0.3 is 0 Å². The van der Waals surface area contributed by atoms with Crippen LogP contribution in [0.1, 0.15) is 39.0 Å². The van der Waals surface area contributed by atoms with E-state index in [1.54, 1.807) is 0 Å². The summed E-state index contributed by atoms with van der Waals surface area (Å²) in [5, 5.41) is -0.619. The smallest absolute Gasteiger partial charge is 0.221 e. The fourth-order valence-corrected chi connectivity index (χ4v) is 1.41. The maximum atomic E-state index is 10.5. The van der Waals surface area contributed by atoms with Crippen LogP contribution in [0.2, 0.25) is 0 Å². The highest BCUT2D eigenvalue weighted by Crippen LogP contribution is 2.18.